The standard InChI is InChI=1S/C55H37N/c1-4-19-38(20-5-1)41-25-16-26-42(37-41)56(51-35-15-12-27-43(51)39-21-6-2-7-22-39)52-36-18-31-47-53-44(40-23-8-3-9-24-40)30-17-34-50(53)55(54(47)52)48-32-13-10-28-45(48)46-29-11-14-33-49(46)55/h1-37H. The predicted octanol–water partition coefficient (Wildman–Crippen LogP) is 14.5. The van der Waals surface area contributed by atoms with Crippen molar-refractivity contribution in [2.45, 2.75) is 5.41 Å². The van der Waals surface area contributed by atoms with Crippen LogP contribution in [0.3, 0.4) is 0 Å². The van der Waals surface area contributed by atoms with Gasteiger partial charge in [-0.3, -0.25) is 0 Å². The van der Waals surface area contributed by atoms with Gasteiger partial charge in [0.15, 0.2) is 0 Å². The monoisotopic (exact) mass is 711 g/mol. The van der Waals surface area contributed by atoms with Crippen molar-refractivity contribution in [1.29, 1.82) is 0 Å². The molecule has 0 saturated heterocycles. The lowest BCUT2D eigenvalue weighted by molar-refractivity contribution is 0.793. The second kappa shape index (κ2) is 13.0. The molecule has 0 unspecified atom stereocenters. The average Bonchev–Trinajstić information content (AvgIpc) is 3.76. The summed E-state index contributed by atoms with van der Waals surface area (Å²) in [5.74, 6) is 0. The van der Waals surface area contributed by atoms with Crippen molar-refractivity contribution < 1.29 is 0 Å². The van der Waals surface area contributed by atoms with Crippen molar-refractivity contribution in [2.24, 2.45) is 0 Å². The van der Waals surface area contributed by atoms with E-state index in [1.807, 2.05) is 0 Å². The first-order valence-electron chi connectivity index (χ1n) is 19.4. The summed E-state index contributed by atoms with van der Waals surface area (Å²) in [6.45, 7) is 0. The normalized spacial score (nSPS) is 12.8. The number of hydrogen-bond acceptors (Lipinski definition) is 1. The van der Waals surface area contributed by atoms with Crippen LogP contribution in [-0.2, 0) is 5.41 Å². The molecule has 0 amide bonds. The van der Waals surface area contributed by atoms with E-state index in [0.717, 1.165) is 17.1 Å². The van der Waals surface area contributed by atoms with E-state index in [0.29, 0.717) is 0 Å². The average molecular weight is 712 g/mol. The summed E-state index contributed by atoms with van der Waals surface area (Å²) in [5.41, 5.74) is 20.5. The molecule has 2 aliphatic rings. The molecule has 0 atom stereocenters. The third-order valence-corrected chi connectivity index (χ3v) is 11.9. The van der Waals surface area contributed by atoms with Gasteiger partial charge in [-0.1, -0.05) is 200 Å². The number of hydrogen-bond donors (Lipinski definition) is 0. The first kappa shape index (κ1) is 32.2. The van der Waals surface area contributed by atoms with Crippen LogP contribution in [0.5, 0.6) is 0 Å². The van der Waals surface area contributed by atoms with E-state index in [9.17, 15) is 0 Å². The molecular formula is C55H37N. The molecule has 9 aromatic rings. The van der Waals surface area contributed by atoms with Crippen molar-refractivity contribution in [2.75, 3.05) is 4.90 Å². The Morgan fingerprint density at radius 1 is 0.286 bits per heavy atom. The van der Waals surface area contributed by atoms with Crippen molar-refractivity contribution >= 4 is 17.1 Å². The lowest BCUT2D eigenvalue weighted by Crippen LogP contribution is -2.28. The zero-order valence-corrected chi connectivity index (χ0v) is 30.8. The van der Waals surface area contributed by atoms with Crippen LogP contribution in [0.25, 0.3) is 55.6 Å². The summed E-state index contributed by atoms with van der Waals surface area (Å²) in [6, 6.07) is 82.5. The second-order valence-corrected chi connectivity index (χ2v) is 14.8. The quantitative estimate of drug-likeness (QED) is 0.166. The van der Waals surface area contributed by atoms with E-state index in [-0.39, 0.29) is 0 Å². The maximum absolute atomic E-state index is 2.53. The van der Waals surface area contributed by atoms with E-state index in [4.69, 9.17) is 0 Å². The largest absolute Gasteiger partial charge is 0.309 e. The van der Waals surface area contributed by atoms with Crippen LogP contribution in [0.4, 0.5) is 17.1 Å². The number of anilines is 3. The Balaban J connectivity index is 1.28. The van der Waals surface area contributed by atoms with E-state index >= 15 is 0 Å². The van der Waals surface area contributed by atoms with Gasteiger partial charge in [-0.15, -0.1) is 0 Å². The van der Waals surface area contributed by atoms with Crippen LogP contribution in [0.15, 0.2) is 224 Å². The highest BCUT2D eigenvalue weighted by molar-refractivity contribution is 6.04. The molecule has 1 spiro atoms. The maximum atomic E-state index is 2.53. The highest BCUT2D eigenvalue weighted by Gasteiger charge is 2.54. The first-order valence-corrected chi connectivity index (χ1v) is 19.4. The lowest BCUT2D eigenvalue weighted by Gasteiger charge is -2.36. The van der Waals surface area contributed by atoms with Crippen molar-refractivity contribution in [1.82, 2.24) is 0 Å². The molecule has 1 nitrogen and oxygen atoms in total. The van der Waals surface area contributed by atoms with Gasteiger partial charge >= 0.3 is 0 Å². The molecule has 2 aliphatic carbocycles. The molecule has 0 bridgehead atoms. The fraction of sp³-hybridized carbons (Fsp3) is 0.0182. The lowest BCUT2D eigenvalue weighted by atomic mass is 9.69. The Morgan fingerprint density at radius 2 is 0.732 bits per heavy atom. The molecule has 11 rings (SSSR count). The third kappa shape index (κ3) is 4.74. The zero-order chi connectivity index (χ0) is 37.1. The highest BCUT2D eigenvalue weighted by atomic mass is 15.1. The van der Waals surface area contributed by atoms with Crippen LogP contribution in [-0.4, -0.2) is 0 Å². The Morgan fingerprint density at radius 3 is 1.41 bits per heavy atom. The van der Waals surface area contributed by atoms with Gasteiger partial charge < -0.3 is 4.90 Å². The van der Waals surface area contributed by atoms with Gasteiger partial charge in [0, 0.05) is 16.8 Å². The Labute approximate surface area is 328 Å². The first-order chi connectivity index (χ1) is 27.8. The van der Waals surface area contributed by atoms with Crippen LogP contribution < -0.4 is 4.90 Å². The summed E-state index contributed by atoms with van der Waals surface area (Å²) in [4.78, 5) is 2.53. The topological polar surface area (TPSA) is 3.24 Å². The van der Waals surface area contributed by atoms with Crippen molar-refractivity contribution in [3.8, 4) is 55.6 Å². The Bertz CT molecular complexity index is 2860. The molecule has 0 N–H and O–H groups in total. The SMILES string of the molecule is c1ccc(-c2cccc(N(c3ccccc3-c3ccccc3)c3cccc4c3C3(c5ccccc5-c5ccccc53)c3cccc(-c5ccccc5)c3-4)c2)cc1. The van der Waals surface area contributed by atoms with E-state index in [2.05, 4.69) is 229 Å². The van der Waals surface area contributed by atoms with Crippen molar-refractivity contribution in [3.05, 3.63) is 247 Å². The van der Waals surface area contributed by atoms with Crippen molar-refractivity contribution in [3.63, 3.8) is 0 Å². The molecule has 0 aliphatic heterocycles. The van der Waals surface area contributed by atoms with E-state index in [1.54, 1.807) is 0 Å². The van der Waals surface area contributed by atoms with Gasteiger partial charge in [0.05, 0.1) is 16.8 Å². The van der Waals surface area contributed by atoms with Crippen LogP contribution >= 0.6 is 0 Å². The molecule has 9 aromatic carbocycles. The number of nitrogens with zero attached hydrogens (tertiary/aromatic N) is 1. The number of benzene rings is 9. The number of para-hydroxylation sites is 1. The van der Waals surface area contributed by atoms with Crippen LogP contribution in [0, 0.1) is 0 Å². The molecule has 0 saturated carbocycles. The Hall–Kier alpha value is -7.22. The fourth-order valence-corrected chi connectivity index (χ4v) is 9.66. The zero-order valence-electron chi connectivity index (χ0n) is 30.8. The molecule has 0 heterocycles. The molecule has 0 aromatic heterocycles. The fourth-order valence-electron chi connectivity index (χ4n) is 9.66. The molecule has 0 radical (unpaired) electrons. The molecule has 56 heavy (non-hydrogen) atoms. The minimum absolute atomic E-state index is 0.559. The maximum Gasteiger partial charge on any atom is 0.0746 e. The number of rotatable bonds is 6. The van der Waals surface area contributed by atoms with Gasteiger partial charge in [0.25, 0.3) is 0 Å². The molecule has 262 valence electrons. The third-order valence-electron chi connectivity index (χ3n) is 11.9. The minimum atomic E-state index is -0.559. The summed E-state index contributed by atoms with van der Waals surface area (Å²) in [7, 11) is 0. The second-order valence-electron chi connectivity index (χ2n) is 14.8. The number of fused-ring (bicyclic) bond motifs is 10. The smallest absolute Gasteiger partial charge is 0.0746 e. The Kier molecular flexibility index (Phi) is 7.47. The van der Waals surface area contributed by atoms with Gasteiger partial charge in [-0.05, 0) is 91.0 Å². The van der Waals surface area contributed by atoms with Crippen LogP contribution in [0.1, 0.15) is 22.3 Å². The minimum Gasteiger partial charge on any atom is -0.309 e. The van der Waals surface area contributed by atoms with E-state index in [1.165, 1.54) is 77.9 Å². The summed E-state index contributed by atoms with van der Waals surface area (Å²) in [6.07, 6.45) is 0. The summed E-state index contributed by atoms with van der Waals surface area (Å²) in [5, 5.41) is 0. The predicted molar refractivity (Wildman–Crippen MR) is 234 cm³/mol. The van der Waals surface area contributed by atoms with Gasteiger partial charge in [-0.2, -0.15) is 0 Å². The van der Waals surface area contributed by atoms with Gasteiger partial charge in [-0.25, -0.2) is 0 Å². The van der Waals surface area contributed by atoms with Gasteiger partial charge in [0.2, 0.25) is 0 Å². The van der Waals surface area contributed by atoms with E-state index < -0.39 is 5.41 Å². The highest BCUT2D eigenvalue weighted by Crippen LogP contribution is 2.66. The molecule has 0 fully saturated rings. The van der Waals surface area contributed by atoms with Gasteiger partial charge in [0.1, 0.15) is 0 Å². The summed E-state index contributed by atoms with van der Waals surface area (Å²) < 4.78 is 0. The summed E-state index contributed by atoms with van der Waals surface area (Å²) >= 11 is 0. The molecular weight excluding hydrogens is 675 g/mol. The molecule has 1 heteroatoms. The van der Waals surface area contributed by atoms with Crippen LogP contribution in [0.2, 0.25) is 0 Å².